The number of nitrogens with zero attached hydrogens (tertiary/aromatic N) is 1. The fourth-order valence-electron chi connectivity index (χ4n) is 1.40. The Morgan fingerprint density at radius 3 is 2.74 bits per heavy atom. The van der Waals surface area contributed by atoms with Crippen molar-refractivity contribution in [3.05, 3.63) is 16.6 Å². The molecule has 7 nitrogen and oxygen atoms in total. The molecule has 3 amide bonds. The summed E-state index contributed by atoms with van der Waals surface area (Å²) in [7, 11) is 0. The van der Waals surface area contributed by atoms with E-state index in [4.69, 9.17) is 5.11 Å². The summed E-state index contributed by atoms with van der Waals surface area (Å²) in [5.74, 6) is -1.77. The third-order valence-electron chi connectivity index (χ3n) is 2.19. The highest BCUT2D eigenvalue weighted by atomic mass is 32.1. The van der Waals surface area contributed by atoms with Crippen LogP contribution in [0.2, 0.25) is 0 Å². The zero-order valence-electron chi connectivity index (χ0n) is 10.4. The predicted octanol–water partition coefficient (Wildman–Crippen LogP) is 0.970. The highest BCUT2D eigenvalue weighted by Crippen LogP contribution is 2.06. The molecule has 0 saturated carbocycles. The molecule has 0 saturated heterocycles. The Bertz CT molecular complexity index is 447. The maximum absolute atomic E-state index is 11.4. The molecule has 0 fully saturated rings. The lowest BCUT2D eigenvalue weighted by atomic mass is 10.0. The number of thiazole rings is 1. The highest BCUT2D eigenvalue weighted by Gasteiger charge is 2.14. The summed E-state index contributed by atoms with van der Waals surface area (Å²) in [5, 5.41) is 15.7. The van der Waals surface area contributed by atoms with Gasteiger partial charge in [-0.05, 0) is 5.92 Å². The van der Waals surface area contributed by atoms with Gasteiger partial charge in [0.1, 0.15) is 5.01 Å². The summed E-state index contributed by atoms with van der Waals surface area (Å²) >= 11 is 1.40. The SMILES string of the molecule is CC(CC(=O)O)CC(=O)NC(=O)NCc1nccs1. The van der Waals surface area contributed by atoms with Gasteiger partial charge in [0.25, 0.3) is 0 Å². The number of hydrogen-bond donors (Lipinski definition) is 3. The number of rotatable bonds is 6. The molecular formula is C11H15N3O4S. The molecule has 1 heterocycles. The normalized spacial score (nSPS) is 11.6. The molecule has 1 rings (SSSR count). The van der Waals surface area contributed by atoms with E-state index in [2.05, 4.69) is 15.6 Å². The lowest BCUT2D eigenvalue weighted by Gasteiger charge is -2.09. The van der Waals surface area contributed by atoms with Crippen molar-refractivity contribution in [3.8, 4) is 0 Å². The first-order valence-electron chi connectivity index (χ1n) is 5.65. The van der Waals surface area contributed by atoms with Crippen molar-refractivity contribution >= 4 is 29.2 Å². The molecule has 104 valence electrons. The molecule has 0 aromatic carbocycles. The van der Waals surface area contributed by atoms with Crippen molar-refractivity contribution < 1.29 is 19.5 Å². The van der Waals surface area contributed by atoms with Crippen molar-refractivity contribution in [2.45, 2.75) is 26.3 Å². The fraction of sp³-hybridized carbons (Fsp3) is 0.455. The van der Waals surface area contributed by atoms with Crippen molar-refractivity contribution in [2.75, 3.05) is 0 Å². The van der Waals surface area contributed by atoms with Gasteiger partial charge in [-0.25, -0.2) is 9.78 Å². The second-order valence-corrected chi connectivity index (χ2v) is 5.04. The quantitative estimate of drug-likeness (QED) is 0.721. The summed E-state index contributed by atoms with van der Waals surface area (Å²) in [6, 6.07) is -0.609. The van der Waals surface area contributed by atoms with Gasteiger partial charge < -0.3 is 10.4 Å². The largest absolute Gasteiger partial charge is 0.481 e. The molecule has 0 spiro atoms. The van der Waals surface area contributed by atoms with Crippen LogP contribution in [-0.2, 0) is 16.1 Å². The maximum Gasteiger partial charge on any atom is 0.321 e. The summed E-state index contributed by atoms with van der Waals surface area (Å²) in [4.78, 5) is 37.2. The molecule has 19 heavy (non-hydrogen) atoms. The van der Waals surface area contributed by atoms with Crippen LogP contribution in [-0.4, -0.2) is 28.0 Å². The fourth-order valence-corrected chi connectivity index (χ4v) is 1.96. The average molecular weight is 285 g/mol. The number of hydrogen-bond acceptors (Lipinski definition) is 5. The second kappa shape index (κ2) is 7.47. The topological polar surface area (TPSA) is 108 Å². The Balaban J connectivity index is 2.24. The van der Waals surface area contributed by atoms with Crippen LogP contribution in [0, 0.1) is 5.92 Å². The molecule has 1 unspecified atom stereocenters. The number of carbonyl (C=O) groups excluding carboxylic acids is 2. The van der Waals surface area contributed by atoms with Gasteiger partial charge in [0.2, 0.25) is 5.91 Å². The van der Waals surface area contributed by atoms with Crippen molar-refractivity contribution in [1.82, 2.24) is 15.6 Å². The van der Waals surface area contributed by atoms with E-state index in [0.717, 1.165) is 5.01 Å². The van der Waals surface area contributed by atoms with E-state index in [-0.39, 0.29) is 25.3 Å². The number of urea groups is 1. The van der Waals surface area contributed by atoms with E-state index in [9.17, 15) is 14.4 Å². The van der Waals surface area contributed by atoms with Crippen molar-refractivity contribution in [1.29, 1.82) is 0 Å². The third kappa shape index (κ3) is 6.51. The van der Waals surface area contributed by atoms with Gasteiger partial charge >= 0.3 is 12.0 Å². The number of imide groups is 1. The third-order valence-corrected chi connectivity index (χ3v) is 2.97. The molecule has 0 bridgehead atoms. The number of carboxylic acid groups (broad SMARTS) is 1. The minimum atomic E-state index is -0.964. The summed E-state index contributed by atoms with van der Waals surface area (Å²) in [6.45, 7) is 1.89. The number of carboxylic acids is 1. The standard InChI is InChI=1S/C11H15N3O4S/c1-7(5-10(16)17)4-8(15)14-11(18)13-6-9-12-2-3-19-9/h2-3,7H,4-6H2,1H3,(H,16,17)(H2,13,14,15,18). The van der Waals surface area contributed by atoms with Crippen molar-refractivity contribution in [2.24, 2.45) is 5.92 Å². The Morgan fingerprint density at radius 1 is 1.42 bits per heavy atom. The molecule has 0 radical (unpaired) electrons. The minimum absolute atomic E-state index is 0.00300. The van der Waals surface area contributed by atoms with Crippen LogP contribution in [0.4, 0.5) is 4.79 Å². The van der Waals surface area contributed by atoms with E-state index in [1.165, 1.54) is 11.3 Å². The van der Waals surface area contributed by atoms with Gasteiger partial charge in [-0.15, -0.1) is 11.3 Å². The van der Waals surface area contributed by atoms with Crippen LogP contribution in [0.25, 0.3) is 0 Å². The number of nitrogens with one attached hydrogen (secondary N) is 2. The number of aromatic nitrogens is 1. The van der Waals surface area contributed by atoms with Crippen LogP contribution in [0.3, 0.4) is 0 Å². The van der Waals surface area contributed by atoms with Crippen LogP contribution in [0.5, 0.6) is 0 Å². The van der Waals surface area contributed by atoms with Gasteiger partial charge in [0, 0.05) is 24.4 Å². The monoisotopic (exact) mass is 285 g/mol. The molecule has 8 heteroatoms. The van der Waals surface area contributed by atoms with Gasteiger partial charge in [-0.3, -0.25) is 14.9 Å². The number of amides is 3. The summed E-state index contributed by atoms with van der Waals surface area (Å²) in [5.41, 5.74) is 0. The van der Waals surface area contributed by atoms with E-state index >= 15 is 0 Å². The second-order valence-electron chi connectivity index (χ2n) is 4.06. The molecule has 0 aliphatic heterocycles. The van der Waals surface area contributed by atoms with Crippen molar-refractivity contribution in [3.63, 3.8) is 0 Å². The van der Waals surface area contributed by atoms with Gasteiger partial charge in [-0.2, -0.15) is 0 Å². The number of aliphatic carboxylic acids is 1. The van der Waals surface area contributed by atoms with Crippen LogP contribution in [0.15, 0.2) is 11.6 Å². The zero-order valence-corrected chi connectivity index (χ0v) is 11.2. The van der Waals surface area contributed by atoms with Gasteiger partial charge in [-0.1, -0.05) is 6.92 Å². The minimum Gasteiger partial charge on any atom is -0.481 e. The smallest absolute Gasteiger partial charge is 0.321 e. The molecule has 3 N–H and O–H groups in total. The molecule has 1 atom stereocenters. The van der Waals surface area contributed by atoms with E-state index in [0.29, 0.717) is 0 Å². The molecule has 0 aliphatic rings. The lowest BCUT2D eigenvalue weighted by molar-refractivity contribution is -0.138. The van der Waals surface area contributed by atoms with Crippen LogP contribution in [0.1, 0.15) is 24.8 Å². The number of carbonyl (C=O) groups is 3. The van der Waals surface area contributed by atoms with E-state index in [1.54, 1.807) is 18.5 Å². The van der Waals surface area contributed by atoms with Gasteiger partial charge in [0.15, 0.2) is 0 Å². The van der Waals surface area contributed by atoms with Gasteiger partial charge in [0.05, 0.1) is 6.54 Å². The first-order chi connectivity index (χ1) is 8.97. The molecular weight excluding hydrogens is 270 g/mol. The average Bonchev–Trinajstić information content (AvgIpc) is 2.77. The maximum atomic E-state index is 11.4. The Labute approximate surface area is 114 Å². The Kier molecular flexibility index (Phi) is 5.94. The van der Waals surface area contributed by atoms with Crippen LogP contribution >= 0.6 is 11.3 Å². The highest BCUT2D eigenvalue weighted by molar-refractivity contribution is 7.09. The molecule has 1 aromatic rings. The first kappa shape index (κ1) is 15.1. The zero-order chi connectivity index (χ0) is 14.3. The summed E-state index contributed by atoms with van der Waals surface area (Å²) in [6.07, 6.45) is 1.52. The predicted molar refractivity (Wildman–Crippen MR) is 68.5 cm³/mol. The Morgan fingerprint density at radius 2 is 2.16 bits per heavy atom. The first-order valence-corrected chi connectivity index (χ1v) is 6.53. The lowest BCUT2D eigenvalue weighted by Crippen LogP contribution is -2.39. The Hall–Kier alpha value is -1.96. The summed E-state index contributed by atoms with van der Waals surface area (Å²) < 4.78 is 0. The molecule has 1 aromatic heterocycles. The molecule has 0 aliphatic carbocycles. The van der Waals surface area contributed by atoms with Crippen LogP contribution < -0.4 is 10.6 Å². The van der Waals surface area contributed by atoms with E-state index < -0.39 is 17.9 Å². The van der Waals surface area contributed by atoms with E-state index in [1.807, 2.05) is 0 Å².